The molecule has 0 aliphatic rings. The summed E-state index contributed by atoms with van der Waals surface area (Å²) in [7, 11) is -3.81. The summed E-state index contributed by atoms with van der Waals surface area (Å²) < 4.78 is 22.8. The second-order valence-electron chi connectivity index (χ2n) is 8.69. The molecule has 0 radical (unpaired) electrons. The molecule has 5 N–H and O–H groups in total. The number of thioether (sulfide) groups is 1. The smallest absolute Gasteiger partial charge is 0.272 e. The van der Waals surface area contributed by atoms with Crippen molar-refractivity contribution in [1.82, 2.24) is 5.32 Å². The molecule has 0 aliphatic heterocycles. The minimum Gasteiger partial charge on any atom is -0.325 e. The lowest BCUT2D eigenvalue weighted by Gasteiger charge is -2.13. The number of carbonyl (C=O) groups excluding carboxylic acids is 3. The third-order valence-corrected chi connectivity index (χ3v) is 8.46. The molecule has 3 amide bonds. The second-order valence-corrected chi connectivity index (χ2v) is 12.6. The number of primary sulfonamides is 1. The third-order valence-electron chi connectivity index (χ3n) is 5.60. The summed E-state index contributed by atoms with van der Waals surface area (Å²) in [4.78, 5) is 40.0. The number of benzene rings is 3. The summed E-state index contributed by atoms with van der Waals surface area (Å²) in [6.07, 6.45) is 1.62. The van der Waals surface area contributed by atoms with Crippen LogP contribution < -0.4 is 21.1 Å². The van der Waals surface area contributed by atoms with E-state index in [1.54, 1.807) is 67.6 Å². The number of hydrogen-bond donors (Lipinski definition) is 4. The maximum atomic E-state index is 13.1. The van der Waals surface area contributed by atoms with Crippen LogP contribution in [-0.2, 0) is 19.6 Å². The average molecular weight is 607 g/mol. The van der Waals surface area contributed by atoms with Gasteiger partial charge in [-0.3, -0.25) is 14.4 Å². The molecule has 4 rings (SSSR count). The number of thiophene rings is 1. The standard InChI is InChI=1S/C29H26N4O5S3/c1-19(27(34)31-22-11-15-25(16-12-22)41(30,37)38)40-23-13-9-21(10-14-23)32-29(36)26(18-24-8-5-17-39-24)33-28(35)20-6-3-2-4-7-20/h2-19H,1H3,(H,31,34)(H,32,36)(H,33,35)(H2,30,37,38)/b26-18-. The first-order valence-electron chi connectivity index (χ1n) is 12.2. The van der Waals surface area contributed by atoms with E-state index in [4.69, 9.17) is 5.14 Å². The minimum atomic E-state index is -3.81. The quantitative estimate of drug-likeness (QED) is 0.149. The van der Waals surface area contributed by atoms with Gasteiger partial charge in [-0.15, -0.1) is 23.1 Å². The van der Waals surface area contributed by atoms with E-state index in [1.165, 1.54) is 47.4 Å². The number of anilines is 2. The SMILES string of the molecule is CC(Sc1ccc(NC(=O)/C(=C/c2cccs2)NC(=O)c2ccccc2)cc1)C(=O)Nc1ccc(S(N)(=O)=O)cc1. The van der Waals surface area contributed by atoms with E-state index in [1.807, 2.05) is 17.5 Å². The summed E-state index contributed by atoms with van der Waals surface area (Å²) in [6, 6.07) is 24.9. The fourth-order valence-corrected chi connectivity index (χ4v) is 5.54. The molecule has 1 atom stereocenters. The Hall–Kier alpha value is -4.23. The van der Waals surface area contributed by atoms with Gasteiger partial charge in [0.05, 0.1) is 10.1 Å². The van der Waals surface area contributed by atoms with Crippen molar-refractivity contribution in [3.05, 3.63) is 113 Å². The Morgan fingerprint density at radius 1 is 0.854 bits per heavy atom. The molecular formula is C29H26N4O5S3. The van der Waals surface area contributed by atoms with E-state index in [9.17, 15) is 22.8 Å². The Labute approximate surface area is 245 Å². The van der Waals surface area contributed by atoms with E-state index in [0.29, 0.717) is 16.9 Å². The Balaban J connectivity index is 1.37. The van der Waals surface area contributed by atoms with Gasteiger partial charge in [0, 0.05) is 26.7 Å². The van der Waals surface area contributed by atoms with Crippen LogP contribution in [0.5, 0.6) is 0 Å². The molecule has 1 unspecified atom stereocenters. The molecule has 0 fully saturated rings. The van der Waals surface area contributed by atoms with Crippen molar-refractivity contribution in [3.8, 4) is 0 Å². The van der Waals surface area contributed by atoms with Gasteiger partial charge in [-0.05, 0) is 85.1 Å². The van der Waals surface area contributed by atoms with Gasteiger partial charge < -0.3 is 16.0 Å². The van der Waals surface area contributed by atoms with E-state index in [0.717, 1.165) is 9.77 Å². The molecule has 12 heteroatoms. The van der Waals surface area contributed by atoms with Crippen molar-refractivity contribution in [2.24, 2.45) is 5.14 Å². The molecule has 1 aromatic heterocycles. The first-order valence-corrected chi connectivity index (χ1v) is 15.5. The van der Waals surface area contributed by atoms with Crippen LogP contribution in [0.4, 0.5) is 11.4 Å². The zero-order valence-electron chi connectivity index (χ0n) is 21.7. The molecular weight excluding hydrogens is 581 g/mol. The van der Waals surface area contributed by atoms with E-state index in [-0.39, 0.29) is 16.5 Å². The lowest BCUT2D eigenvalue weighted by molar-refractivity contribution is -0.115. The third kappa shape index (κ3) is 8.63. The van der Waals surface area contributed by atoms with Gasteiger partial charge >= 0.3 is 0 Å². The maximum absolute atomic E-state index is 13.1. The van der Waals surface area contributed by atoms with Crippen molar-refractivity contribution >= 4 is 68.3 Å². The summed E-state index contributed by atoms with van der Waals surface area (Å²) in [5, 5.41) is 14.8. The monoisotopic (exact) mass is 606 g/mol. The van der Waals surface area contributed by atoms with Gasteiger partial charge in [0.25, 0.3) is 11.8 Å². The van der Waals surface area contributed by atoms with Gasteiger partial charge in [-0.1, -0.05) is 24.3 Å². The van der Waals surface area contributed by atoms with Gasteiger partial charge in [-0.2, -0.15) is 0 Å². The second kappa shape index (κ2) is 13.4. The molecule has 0 aliphatic carbocycles. The molecule has 1 heterocycles. The summed E-state index contributed by atoms with van der Waals surface area (Å²) in [5.41, 5.74) is 1.48. The number of carbonyl (C=O) groups is 3. The molecule has 3 aromatic carbocycles. The Morgan fingerprint density at radius 3 is 2.10 bits per heavy atom. The highest BCUT2D eigenvalue weighted by Crippen LogP contribution is 2.26. The first kappa shape index (κ1) is 29.7. The predicted octanol–water partition coefficient (Wildman–Crippen LogP) is 4.92. The summed E-state index contributed by atoms with van der Waals surface area (Å²) >= 11 is 2.75. The number of sulfonamides is 1. The zero-order valence-corrected chi connectivity index (χ0v) is 24.2. The van der Waals surface area contributed by atoms with Crippen LogP contribution in [0, 0.1) is 0 Å². The molecule has 210 valence electrons. The van der Waals surface area contributed by atoms with Crippen molar-refractivity contribution in [3.63, 3.8) is 0 Å². The number of rotatable bonds is 10. The zero-order chi connectivity index (χ0) is 29.4. The van der Waals surface area contributed by atoms with Crippen LogP contribution in [-0.4, -0.2) is 31.4 Å². The molecule has 9 nitrogen and oxygen atoms in total. The summed E-state index contributed by atoms with van der Waals surface area (Å²) in [5.74, 6) is -1.15. The predicted molar refractivity (Wildman–Crippen MR) is 163 cm³/mol. The van der Waals surface area contributed by atoms with E-state index < -0.39 is 27.1 Å². The average Bonchev–Trinajstić information content (AvgIpc) is 3.47. The Bertz CT molecular complexity index is 1650. The highest BCUT2D eigenvalue weighted by Gasteiger charge is 2.17. The molecule has 0 saturated carbocycles. The van der Waals surface area contributed by atoms with Gasteiger partial charge in [0.2, 0.25) is 15.9 Å². The van der Waals surface area contributed by atoms with Crippen molar-refractivity contribution in [2.75, 3.05) is 10.6 Å². The molecule has 4 aromatic rings. The number of nitrogens with two attached hydrogens (primary N) is 1. The largest absolute Gasteiger partial charge is 0.325 e. The topological polar surface area (TPSA) is 147 Å². The number of nitrogens with one attached hydrogen (secondary N) is 3. The van der Waals surface area contributed by atoms with Crippen molar-refractivity contribution in [1.29, 1.82) is 0 Å². The van der Waals surface area contributed by atoms with Crippen LogP contribution in [0.15, 0.2) is 112 Å². The van der Waals surface area contributed by atoms with Crippen LogP contribution in [0.25, 0.3) is 6.08 Å². The lowest BCUT2D eigenvalue weighted by Crippen LogP contribution is -2.30. The maximum Gasteiger partial charge on any atom is 0.272 e. The van der Waals surface area contributed by atoms with Crippen LogP contribution in [0.1, 0.15) is 22.2 Å². The van der Waals surface area contributed by atoms with Crippen LogP contribution >= 0.6 is 23.1 Å². The summed E-state index contributed by atoms with van der Waals surface area (Å²) in [6.45, 7) is 1.74. The highest BCUT2D eigenvalue weighted by atomic mass is 32.2. The number of hydrogen-bond acceptors (Lipinski definition) is 7. The van der Waals surface area contributed by atoms with Gasteiger partial charge in [0.1, 0.15) is 5.70 Å². The molecule has 0 bridgehead atoms. The minimum absolute atomic E-state index is 0.0437. The van der Waals surface area contributed by atoms with Gasteiger partial charge in [-0.25, -0.2) is 13.6 Å². The van der Waals surface area contributed by atoms with E-state index in [2.05, 4.69) is 16.0 Å². The van der Waals surface area contributed by atoms with Crippen molar-refractivity contribution < 1.29 is 22.8 Å². The molecule has 0 saturated heterocycles. The Morgan fingerprint density at radius 2 is 1.49 bits per heavy atom. The fraction of sp³-hybridized carbons (Fsp3) is 0.0690. The normalized spacial score (nSPS) is 12.3. The Kier molecular flexibility index (Phi) is 9.73. The first-order chi connectivity index (χ1) is 19.6. The number of amides is 3. The van der Waals surface area contributed by atoms with Gasteiger partial charge in [0.15, 0.2) is 0 Å². The molecule has 0 spiro atoms. The van der Waals surface area contributed by atoms with Crippen LogP contribution in [0.3, 0.4) is 0 Å². The van der Waals surface area contributed by atoms with Crippen LogP contribution in [0.2, 0.25) is 0 Å². The lowest BCUT2D eigenvalue weighted by atomic mass is 10.2. The highest BCUT2D eigenvalue weighted by molar-refractivity contribution is 8.00. The van der Waals surface area contributed by atoms with E-state index >= 15 is 0 Å². The van der Waals surface area contributed by atoms with Crippen molar-refractivity contribution in [2.45, 2.75) is 22.0 Å². The molecule has 41 heavy (non-hydrogen) atoms. The fourth-order valence-electron chi connectivity index (χ4n) is 3.50.